The SMILES string of the molecule is CCCNC(C(=O)OCC)c1sccc1C. The number of nitrogens with one attached hydrogen (secondary N) is 1. The average molecular weight is 241 g/mol. The van der Waals surface area contributed by atoms with Crippen LogP contribution in [-0.4, -0.2) is 19.1 Å². The van der Waals surface area contributed by atoms with Crippen molar-refractivity contribution in [3.63, 3.8) is 0 Å². The summed E-state index contributed by atoms with van der Waals surface area (Å²) in [7, 11) is 0. The second kappa shape index (κ2) is 6.66. The maximum absolute atomic E-state index is 11.8. The lowest BCUT2D eigenvalue weighted by molar-refractivity contribution is -0.145. The van der Waals surface area contributed by atoms with Crippen molar-refractivity contribution in [2.24, 2.45) is 0 Å². The summed E-state index contributed by atoms with van der Waals surface area (Å²) in [6.45, 7) is 7.17. The zero-order valence-corrected chi connectivity index (χ0v) is 10.9. The summed E-state index contributed by atoms with van der Waals surface area (Å²) in [4.78, 5) is 12.9. The van der Waals surface area contributed by atoms with Gasteiger partial charge in [0.1, 0.15) is 6.04 Å². The molecule has 1 aromatic rings. The van der Waals surface area contributed by atoms with Gasteiger partial charge in [0.25, 0.3) is 0 Å². The number of hydrogen-bond acceptors (Lipinski definition) is 4. The summed E-state index contributed by atoms with van der Waals surface area (Å²) in [5.74, 6) is -0.179. The molecule has 0 aliphatic carbocycles. The van der Waals surface area contributed by atoms with Gasteiger partial charge in [-0.15, -0.1) is 11.3 Å². The minimum Gasteiger partial charge on any atom is -0.465 e. The lowest BCUT2D eigenvalue weighted by atomic mass is 10.1. The Morgan fingerprint density at radius 2 is 2.31 bits per heavy atom. The Hall–Kier alpha value is -0.870. The Kier molecular flexibility index (Phi) is 5.49. The van der Waals surface area contributed by atoms with Crippen LogP contribution >= 0.6 is 11.3 Å². The fourth-order valence-corrected chi connectivity index (χ4v) is 2.47. The van der Waals surface area contributed by atoms with E-state index in [2.05, 4.69) is 12.2 Å². The highest BCUT2D eigenvalue weighted by molar-refractivity contribution is 7.10. The third-order valence-electron chi connectivity index (χ3n) is 2.28. The Morgan fingerprint density at radius 1 is 1.56 bits per heavy atom. The topological polar surface area (TPSA) is 38.3 Å². The molecule has 1 rings (SSSR count). The van der Waals surface area contributed by atoms with Crippen LogP contribution in [0, 0.1) is 6.92 Å². The zero-order chi connectivity index (χ0) is 12.0. The standard InChI is InChI=1S/C12H19NO2S/c1-4-7-13-10(12(14)15-5-2)11-9(3)6-8-16-11/h6,8,10,13H,4-5,7H2,1-3H3. The van der Waals surface area contributed by atoms with Gasteiger partial charge in [-0.1, -0.05) is 6.92 Å². The van der Waals surface area contributed by atoms with Crippen molar-refractivity contribution in [1.82, 2.24) is 5.32 Å². The molecular formula is C12H19NO2S. The van der Waals surface area contributed by atoms with E-state index in [1.165, 1.54) is 0 Å². The van der Waals surface area contributed by atoms with Crippen LogP contribution in [0.2, 0.25) is 0 Å². The fourth-order valence-electron chi connectivity index (χ4n) is 1.48. The molecule has 1 aromatic heterocycles. The Balaban J connectivity index is 2.78. The van der Waals surface area contributed by atoms with Crippen molar-refractivity contribution in [1.29, 1.82) is 0 Å². The first-order valence-electron chi connectivity index (χ1n) is 5.64. The number of rotatable bonds is 6. The predicted octanol–water partition coefficient (Wildman–Crippen LogP) is 2.66. The first-order chi connectivity index (χ1) is 7.70. The summed E-state index contributed by atoms with van der Waals surface area (Å²) >= 11 is 1.60. The van der Waals surface area contributed by atoms with Gasteiger partial charge in [-0.05, 0) is 43.8 Å². The highest BCUT2D eigenvalue weighted by Gasteiger charge is 2.23. The second-order valence-electron chi connectivity index (χ2n) is 3.61. The van der Waals surface area contributed by atoms with Crippen molar-refractivity contribution < 1.29 is 9.53 Å². The molecule has 0 amide bonds. The van der Waals surface area contributed by atoms with E-state index in [9.17, 15) is 4.79 Å². The van der Waals surface area contributed by atoms with E-state index in [0.717, 1.165) is 23.4 Å². The van der Waals surface area contributed by atoms with Gasteiger partial charge in [-0.2, -0.15) is 0 Å². The van der Waals surface area contributed by atoms with E-state index in [-0.39, 0.29) is 12.0 Å². The molecule has 90 valence electrons. The molecule has 3 nitrogen and oxygen atoms in total. The summed E-state index contributed by atoms with van der Waals surface area (Å²) in [6.07, 6.45) is 1.00. The van der Waals surface area contributed by atoms with E-state index in [1.54, 1.807) is 11.3 Å². The van der Waals surface area contributed by atoms with E-state index >= 15 is 0 Å². The van der Waals surface area contributed by atoms with Gasteiger partial charge in [0.05, 0.1) is 6.61 Å². The molecule has 0 spiro atoms. The first kappa shape index (κ1) is 13.2. The van der Waals surface area contributed by atoms with Gasteiger partial charge in [0, 0.05) is 4.88 Å². The number of carbonyl (C=O) groups excluding carboxylic acids is 1. The summed E-state index contributed by atoms with van der Waals surface area (Å²) in [5.41, 5.74) is 1.15. The molecule has 0 aromatic carbocycles. The molecule has 1 N–H and O–H groups in total. The molecule has 0 saturated heterocycles. The predicted molar refractivity (Wildman–Crippen MR) is 66.7 cm³/mol. The molecule has 0 saturated carbocycles. The maximum atomic E-state index is 11.8. The quantitative estimate of drug-likeness (QED) is 0.778. The smallest absolute Gasteiger partial charge is 0.328 e. The van der Waals surface area contributed by atoms with Crippen LogP contribution in [-0.2, 0) is 9.53 Å². The van der Waals surface area contributed by atoms with Crippen LogP contribution in [0.5, 0.6) is 0 Å². The third kappa shape index (κ3) is 3.32. The van der Waals surface area contributed by atoms with Gasteiger partial charge in [-0.3, -0.25) is 0 Å². The van der Waals surface area contributed by atoms with Crippen LogP contribution in [0.15, 0.2) is 11.4 Å². The van der Waals surface area contributed by atoms with Crippen LogP contribution in [0.3, 0.4) is 0 Å². The molecule has 4 heteroatoms. The lowest BCUT2D eigenvalue weighted by Gasteiger charge is -2.16. The summed E-state index contributed by atoms with van der Waals surface area (Å²) < 4.78 is 5.09. The normalized spacial score (nSPS) is 12.4. The second-order valence-corrected chi connectivity index (χ2v) is 4.55. The average Bonchev–Trinajstić information content (AvgIpc) is 2.66. The number of carbonyl (C=O) groups is 1. The van der Waals surface area contributed by atoms with Crippen LogP contribution in [0.25, 0.3) is 0 Å². The van der Waals surface area contributed by atoms with Crippen molar-refractivity contribution in [3.05, 3.63) is 21.9 Å². The molecule has 1 unspecified atom stereocenters. The Morgan fingerprint density at radius 3 is 2.81 bits per heavy atom. The van der Waals surface area contributed by atoms with E-state index in [0.29, 0.717) is 6.61 Å². The maximum Gasteiger partial charge on any atom is 0.328 e. The highest BCUT2D eigenvalue weighted by Crippen LogP contribution is 2.24. The zero-order valence-electron chi connectivity index (χ0n) is 10.1. The largest absolute Gasteiger partial charge is 0.465 e. The van der Waals surface area contributed by atoms with Crippen molar-refractivity contribution in [2.75, 3.05) is 13.2 Å². The molecule has 1 atom stereocenters. The summed E-state index contributed by atoms with van der Waals surface area (Å²) in [5, 5.41) is 5.24. The molecule has 0 fully saturated rings. The van der Waals surface area contributed by atoms with Crippen LogP contribution < -0.4 is 5.32 Å². The lowest BCUT2D eigenvalue weighted by Crippen LogP contribution is -2.30. The fraction of sp³-hybridized carbons (Fsp3) is 0.583. The molecule has 0 radical (unpaired) electrons. The number of ether oxygens (including phenoxy) is 1. The highest BCUT2D eigenvalue weighted by atomic mass is 32.1. The van der Waals surface area contributed by atoms with E-state index in [4.69, 9.17) is 4.74 Å². The van der Waals surface area contributed by atoms with Gasteiger partial charge >= 0.3 is 5.97 Å². The van der Waals surface area contributed by atoms with E-state index < -0.39 is 0 Å². The summed E-state index contributed by atoms with van der Waals surface area (Å²) in [6, 6.07) is 1.72. The Labute approximate surface area is 101 Å². The molecule has 16 heavy (non-hydrogen) atoms. The molecule has 0 aliphatic rings. The minimum absolute atomic E-state index is 0.179. The van der Waals surface area contributed by atoms with Crippen LogP contribution in [0.4, 0.5) is 0 Å². The van der Waals surface area contributed by atoms with Crippen molar-refractivity contribution in [3.8, 4) is 0 Å². The Bertz CT molecular complexity index is 336. The van der Waals surface area contributed by atoms with Gasteiger partial charge in [0.15, 0.2) is 0 Å². The first-order valence-corrected chi connectivity index (χ1v) is 6.52. The molecular weight excluding hydrogens is 222 g/mol. The molecule has 1 heterocycles. The number of aryl methyl sites for hydroxylation is 1. The van der Waals surface area contributed by atoms with Crippen molar-refractivity contribution in [2.45, 2.75) is 33.2 Å². The third-order valence-corrected chi connectivity index (χ3v) is 3.37. The molecule has 0 bridgehead atoms. The number of esters is 1. The van der Waals surface area contributed by atoms with Gasteiger partial charge in [-0.25, -0.2) is 4.79 Å². The number of hydrogen-bond donors (Lipinski definition) is 1. The minimum atomic E-state index is -0.306. The van der Waals surface area contributed by atoms with Gasteiger partial charge < -0.3 is 10.1 Å². The van der Waals surface area contributed by atoms with E-state index in [1.807, 2.05) is 25.3 Å². The van der Waals surface area contributed by atoms with Gasteiger partial charge in [0.2, 0.25) is 0 Å². The van der Waals surface area contributed by atoms with Crippen LogP contribution in [0.1, 0.15) is 36.8 Å². The molecule has 0 aliphatic heterocycles. The van der Waals surface area contributed by atoms with Crippen molar-refractivity contribution >= 4 is 17.3 Å². The number of thiophene rings is 1. The monoisotopic (exact) mass is 241 g/mol.